The number of nitrogens with zero attached hydrogens (tertiary/aromatic N) is 1. The van der Waals surface area contributed by atoms with Gasteiger partial charge in [0.15, 0.2) is 10.8 Å². The predicted molar refractivity (Wildman–Crippen MR) is 94.6 cm³/mol. The van der Waals surface area contributed by atoms with Gasteiger partial charge in [-0.15, -0.1) is 11.3 Å². The molecule has 0 spiro atoms. The van der Waals surface area contributed by atoms with Gasteiger partial charge in [-0.05, 0) is 43.3 Å². The van der Waals surface area contributed by atoms with Gasteiger partial charge in [0, 0.05) is 18.0 Å². The number of benzene rings is 1. The van der Waals surface area contributed by atoms with Crippen molar-refractivity contribution in [3.63, 3.8) is 0 Å². The number of rotatable bonds is 5. The number of thiazole rings is 1. The molecule has 0 bridgehead atoms. The van der Waals surface area contributed by atoms with Crippen LogP contribution in [-0.2, 0) is 16.0 Å². The number of aryl methyl sites for hydroxylation is 1. The van der Waals surface area contributed by atoms with Crippen LogP contribution in [0.1, 0.15) is 18.4 Å². The second-order valence-electron chi connectivity index (χ2n) is 5.41. The molecule has 3 aromatic rings. The van der Waals surface area contributed by atoms with Crippen LogP contribution < -0.4 is 10.1 Å². The summed E-state index contributed by atoms with van der Waals surface area (Å²) >= 11 is 1.42. The maximum atomic E-state index is 12.0. The Morgan fingerprint density at radius 2 is 1.96 bits per heavy atom. The third-order valence-electron chi connectivity index (χ3n) is 3.23. The number of nitrogens with one attached hydrogen (secondary N) is 1. The first-order valence-electron chi connectivity index (χ1n) is 7.59. The van der Waals surface area contributed by atoms with Crippen molar-refractivity contribution in [2.24, 2.45) is 0 Å². The molecule has 6 nitrogen and oxygen atoms in total. The lowest BCUT2D eigenvalue weighted by Gasteiger charge is -2.05. The van der Waals surface area contributed by atoms with Gasteiger partial charge in [-0.3, -0.25) is 9.59 Å². The van der Waals surface area contributed by atoms with E-state index < -0.39 is 5.97 Å². The van der Waals surface area contributed by atoms with Gasteiger partial charge in [0.25, 0.3) is 0 Å². The van der Waals surface area contributed by atoms with Crippen LogP contribution >= 0.6 is 11.3 Å². The van der Waals surface area contributed by atoms with Crippen molar-refractivity contribution in [2.45, 2.75) is 20.3 Å². The Labute approximate surface area is 148 Å². The van der Waals surface area contributed by atoms with Gasteiger partial charge >= 0.3 is 5.97 Å². The maximum absolute atomic E-state index is 12.0. The summed E-state index contributed by atoms with van der Waals surface area (Å²) in [6, 6.07) is 10.3. The first kappa shape index (κ1) is 16.9. The maximum Gasteiger partial charge on any atom is 0.317 e. The minimum Gasteiger partial charge on any atom is -0.459 e. The van der Waals surface area contributed by atoms with Crippen molar-refractivity contribution in [3.05, 3.63) is 53.2 Å². The highest BCUT2D eigenvalue weighted by molar-refractivity contribution is 7.13. The Morgan fingerprint density at radius 3 is 2.60 bits per heavy atom. The van der Waals surface area contributed by atoms with Crippen LogP contribution in [0.5, 0.6) is 5.75 Å². The molecule has 0 atom stereocenters. The van der Waals surface area contributed by atoms with Crippen LogP contribution in [0.15, 0.2) is 46.2 Å². The second-order valence-corrected chi connectivity index (χ2v) is 6.27. The van der Waals surface area contributed by atoms with E-state index in [0.717, 1.165) is 10.8 Å². The van der Waals surface area contributed by atoms with E-state index in [9.17, 15) is 9.59 Å². The van der Waals surface area contributed by atoms with Crippen molar-refractivity contribution >= 4 is 28.9 Å². The topological polar surface area (TPSA) is 81.4 Å². The first-order chi connectivity index (χ1) is 12.0. The molecule has 1 aromatic carbocycles. The lowest BCUT2D eigenvalue weighted by atomic mass is 10.3. The number of carbonyl (C=O) groups is 2. The molecule has 0 saturated heterocycles. The Balaban J connectivity index is 1.59. The van der Waals surface area contributed by atoms with Crippen LogP contribution in [0.3, 0.4) is 0 Å². The number of ether oxygens (including phenoxy) is 1. The molecule has 7 heteroatoms. The molecule has 0 aliphatic carbocycles. The summed E-state index contributed by atoms with van der Waals surface area (Å²) in [6.45, 7) is 3.30. The fraction of sp³-hybridized carbons (Fsp3) is 0.167. The van der Waals surface area contributed by atoms with Gasteiger partial charge in [-0.1, -0.05) is 0 Å². The van der Waals surface area contributed by atoms with Gasteiger partial charge in [0.1, 0.15) is 11.5 Å². The molecule has 1 N–H and O–H groups in total. The number of furan rings is 1. The summed E-state index contributed by atoms with van der Waals surface area (Å²) in [6.07, 6.45) is 0.0731. The molecule has 1 amide bonds. The fourth-order valence-electron chi connectivity index (χ4n) is 2.18. The Bertz CT molecular complexity index is 896. The quantitative estimate of drug-likeness (QED) is 0.555. The molecule has 2 heterocycles. The fourth-order valence-corrected chi connectivity index (χ4v) is 2.96. The Morgan fingerprint density at radius 1 is 1.20 bits per heavy atom. The first-order valence-corrected chi connectivity index (χ1v) is 8.47. The van der Waals surface area contributed by atoms with E-state index in [4.69, 9.17) is 9.15 Å². The second kappa shape index (κ2) is 7.31. The zero-order chi connectivity index (χ0) is 17.8. The number of esters is 1. The standard InChI is InChI=1S/C18H16N2O4S/c1-11-3-8-16(23-11)18-20-14(10-25-18)9-17(22)24-15-6-4-13(5-7-15)19-12(2)21/h3-8,10H,9H2,1-2H3,(H,19,21). The zero-order valence-corrected chi connectivity index (χ0v) is 14.6. The van der Waals surface area contributed by atoms with Crippen molar-refractivity contribution in [1.29, 1.82) is 0 Å². The molecule has 3 rings (SSSR count). The zero-order valence-electron chi connectivity index (χ0n) is 13.7. The third kappa shape index (κ3) is 4.54. The smallest absolute Gasteiger partial charge is 0.317 e. The van der Waals surface area contributed by atoms with E-state index in [0.29, 0.717) is 22.9 Å². The molecular formula is C18H16N2O4S. The van der Waals surface area contributed by atoms with E-state index in [1.54, 1.807) is 24.3 Å². The summed E-state index contributed by atoms with van der Waals surface area (Å²) < 4.78 is 10.8. The number of aromatic nitrogens is 1. The molecule has 0 saturated carbocycles. The van der Waals surface area contributed by atoms with E-state index in [2.05, 4.69) is 10.3 Å². The SMILES string of the molecule is CC(=O)Nc1ccc(OC(=O)Cc2csc(-c3ccc(C)o3)n2)cc1. The van der Waals surface area contributed by atoms with Crippen LogP contribution in [0.2, 0.25) is 0 Å². The predicted octanol–water partition coefficient (Wildman–Crippen LogP) is 3.82. The molecule has 0 aliphatic heterocycles. The molecule has 2 aromatic heterocycles. The van der Waals surface area contributed by atoms with Gasteiger partial charge in [-0.2, -0.15) is 0 Å². The third-order valence-corrected chi connectivity index (χ3v) is 4.14. The normalized spacial score (nSPS) is 10.5. The van der Waals surface area contributed by atoms with E-state index in [1.165, 1.54) is 18.3 Å². The summed E-state index contributed by atoms with van der Waals surface area (Å²) in [4.78, 5) is 27.4. The Kier molecular flexibility index (Phi) is 4.95. The molecular weight excluding hydrogens is 340 g/mol. The number of amides is 1. The van der Waals surface area contributed by atoms with Crippen LogP contribution in [0.4, 0.5) is 5.69 Å². The van der Waals surface area contributed by atoms with E-state index in [-0.39, 0.29) is 12.3 Å². The number of carbonyl (C=O) groups excluding carboxylic acids is 2. The molecule has 0 aliphatic rings. The van der Waals surface area contributed by atoms with E-state index in [1.807, 2.05) is 24.4 Å². The lowest BCUT2D eigenvalue weighted by molar-refractivity contribution is -0.133. The van der Waals surface area contributed by atoms with Crippen LogP contribution in [0, 0.1) is 6.92 Å². The number of hydrogen-bond donors (Lipinski definition) is 1. The van der Waals surface area contributed by atoms with Gasteiger partial charge in [-0.25, -0.2) is 4.98 Å². The molecule has 25 heavy (non-hydrogen) atoms. The largest absolute Gasteiger partial charge is 0.459 e. The highest BCUT2D eigenvalue weighted by Crippen LogP contribution is 2.26. The number of anilines is 1. The van der Waals surface area contributed by atoms with Crippen molar-refractivity contribution in [2.75, 3.05) is 5.32 Å². The highest BCUT2D eigenvalue weighted by Gasteiger charge is 2.13. The summed E-state index contributed by atoms with van der Waals surface area (Å²) in [5.41, 5.74) is 1.28. The molecule has 0 fully saturated rings. The monoisotopic (exact) mass is 356 g/mol. The van der Waals surface area contributed by atoms with Crippen molar-refractivity contribution < 1.29 is 18.7 Å². The molecule has 0 radical (unpaired) electrons. The molecule has 128 valence electrons. The van der Waals surface area contributed by atoms with E-state index >= 15 is 0 Å². The van der Waals surface area contributed by atoms with Gasteiger partial charge in [0.05, 0.1) is 12.1 Å². The van der Waals surface area contributed by atoms with Crippen molar-refractivity contribution in [1.82, 2.24) is 4.98 Å². The highest BCUT2D eigenvalue weighted by atomic mass is 32.1. The minimum absolute atomic E-state index is 0.0731. The van der Waals surface area contributed by atoms with Crippen LogP contribution in [0.25, 0.3) is 10.8 Å². The average Bonchev–Trinajstić information content (AvgIpc) is 3.17. The van der Waals surface area contributed by atoms with Gasteiger partial charge in [0.2, 0.25) is 5.91 Å². The van der Waals surface area contributed by atoms with Gasteiger partial charge < -0.3 is 14.5 Å². The lowest BCUT2D eigenvalue weighted by Crippen LogP contribution is -2.11. The summed E-state index contributed by atoms with van der Waals surface area (Å²) in [5, 5.41) is 5.19. The molecule has 0 unspecified atom stereocenters. The summed E-state index contributed by atoms with van der Waals surface area (Å²) in [5.74, 6) is 1.36. The van der Waals surface area contributed by atoms with Crippen LogP contribution in [-0.4, -0.2) is 16.9 Å². The van der Waals surface area contributed by atoms with Crippen molar-refractivity contribution in [3.8, 4) is 16.5 Å². The Hall–Kier alpha value is -2.93. The minimum atomic E-state index is -0.403. The average molecular weight is 356 g/mol. The summed E-state index contributed by atoms with van der Waals surface area (Å²) in [7, 11) is 0. The number of hydrogen-bond acceptors (Lipinski definition) is 6.